The van der Waals surface area contributed by atoms with Crippen molar-refractivity contribution in [3.8, 4) is 28.4 Å². The van der Waals surface area contributed by atoms with E-state index in [4.69, 9.17) is 19.4 Å². The van der Waals surface area contributed by atoms with Gasteiger partial charge in [0.2, 0.25) is 17.8 Å². The number of hydrogen-bond acceptors (Lipinski definition) is 13. The molecule has 3 N–H and O–H groups in total. The molecule has 10 rings (SSSR count). The molecule has 4 aliphatic heterocycles. The Morgan fingerprint density at radius 2 is 1.66 bits per heavy atom. The van der Waals surface area contributed by atoms with Crippen LogP contribution in [0.5, 0.6) is 17.2 Å². The molecule has 6 heterocycles. The van der Waals surface area contributed by atoms with Crippen molar-refractivity contribution < 1.29 is 28.4 Å². The number of carbonyl (C=O) groups excluding carboxylic acids is 3. The van der Waals surface area contributed by atoms with E-state index in [9.17, 15) is 18.9 Å². The number of amides is 3. The van der Waals surface area contributed by atoms with E-state index in [1.54, 1.807) is 54.5 Å². The number of nitrogens with one attached hydrogen (secondary N) is 3. The summed E-state index contributed by atoms with van der Waals surface area (Å²) in [7, 11) is 0.934. The summed E-state index contributed by atoms with van der Waals surface area (Å²) >= 11 is 0. The van der Waals surface area contributed by atoms with Gasteiger partial charge >= 0.3 is 0 Å². The summed E-state index contributed by atoms with van der Waals surface area (Å²) in [4.78, 5) is 54.1. The van der Waals surface area contributed by atoms with Gasteiger partial charge in [-0.25, -0.2) is 4.98 Å². The number of rotatable bonds is 13. The number of carbonyl (C=O) groups is 3. The van der Waals surface area contributed by atoms with Gasteiger partial charge in [-0.3, -0.25) is 29.3 Å². The van der Waals surface area contributed by atoms with E-state index in [2.05, 4.69) is 62.0 Å². The molecule has 17 heteroatoms. The highest BCUT2D eigenvalue weighted by molar-refractivity contribution is 7.70. The second kappa shape index (κ2) is 18.2. The average molecular weight is 935 g/mol. The maximum absolute atomic E-state index is 13.4. The van der Waals surface area contributed by atoms with E-state index in [1.807, 2.05) is 49.6 Å². The zero-order chi connectivity index (χ0) is 47.3. The van der Waals surface area contributed by atoms with E-state index in [1.165, 1.54) is 16.7 Å². The molecule has 2 saturated heterocycles. The quantitative estimate of drug-likeness (QED) is 0.0759. The molecule has 6 aromatic rings. The van der Waals surface area contributed by atoms with Crippen LogP contribution in [0.25, 0.3) is 11.1 Å². The minimum absolute atomic E-state index is 0.206. The zero-order valence-corrected chi connectivity index (χ0v) is 39.8. The number of piperidine rings is 2. The van der Waals surface area contributed by atoms with Crippen LogP contribution in [0, 0.1) is 0 Å². The standard InChI is InChI=1S/C51H55N10O6P/c1-6-31-23-41(55-51-52-26-38(34-25-53-58(2)27-34)48(57-51)54-40-11-7-8-13-46(40)68(4,5)65)45(66-3)24-43(31)59-20-18-35(19-21-59)60-28-32-14-15-36(22-33(32)29-60)67-44-12-9-10-37-39(44)30-61(50(37)64)42-16-17-47(62)56-49(42)63/h7-15,22-27,35,42H,6,16-21,28-30H2,1-5H3,(H,56,62,63)(H2,52,54,55,57). The Hall–Kier alpha value is -7.03. The van der Waals surface area contributed by atoms with Gasteiger partial charge in [-0.2, -0.15) is 10.1 Å². The predicted octanol–water partition coefficient (Wildman–Crippen LogP) is 7.72. The van der Waals surface area contributed by atoms with Gasteiger partial charge in [-0.05, 0) is 98.2 Å². The second-order valence-electron chi connectivity index (χ2n) is 18.3. The number of hydrogen-bond donors (Lipinski definition) is 3. The monoisotopic (exact) mass is 934 g/mol. The Morgan fingerprint density at radius 1 is 0.853 bits per heavy atom. The van der Waals surface area contributed by atoms with Gasteiger partial charge in [0.1, 0.15) is 36.3 Å². The lowest BCUT2D eigenvalue weighted by Crippen LogP contribution is -2.52. The van der Waals surface area contributed by atoms with Crippen LogP contribution in [0.4, 0.5) is 28.8 Å². The van der Waals surface area contributed by atoms with Crippen LogP contribution >= 0.6 is 7.14 Å². The van der Waals surface area contributed by atoms with Crippen LogP contribution in [0.3, 0.4) is 0 Å². The number of fused-ring (bicyclic) bond motifs is 2. The molecular weight excluding hydrogens is 880 g/mol. The van der Waals surface area contributed by atoms with E-state index in [-0.39, 0.29) is 24.8 Å². The Kier molecular flexibility index (Phi) is 12.0. The number of para-hydroxylation sites is 1. The van der Waals surface area contributed by atoms with Crippen LogP contribution in [0.15, 0.2) is 91.4 Å². The lowest BCUT2D eigenvalue weighted by Gasteiger charge is -2.38. The average Bonchev–Trinajstić information content (AvgIpc) is 4.06. The van der Waals surface area contributed by atoms with Gasteiger partial charge in [-0.1, -0.05) is 31.2 Å². The maximum Gasteiger partial charge on any atom is 0.255 e. The Morgan fingerprint density at radius 3 is 2.41 bits per heavy atom. The van der Waals surface area contributed by atoms with Crippen molar-refractivity contribution in [1.82, 2.24) is 34.9 Å². The maximum atomic E-state index is 13.4. The van der Waals surface area contributed by atoms with Gasteiger partial charge in [0.15, 0.2) is 0 Å². The Bertz CT molecular complexity index is 3010. The number of benzene rings is 4. The van der Waals surface area contributed by atoms with E-state index in [0.717, 1.165) is 84.5 Å². The third kappa shape index (κ3) is 8.81. The molecule has 4 aromatic carbocycles. The van der Waals surface area contributed by atoms with Crippen LogP contribution in [0.1, 0.15) is 65.2 Å². The number of anilines is 5. The predicted molar refractivity (Wildman–Crippen MR) is 262 cm³/mol. The minimum atomic E-state index is -2.61. The molecule has 1 unspecified atom stereocenters. The second-order valence-corrected chi connectivity index (χ2v) is 21.5. The number of aromatic nitrogens is 4. The normalized spacial score (nSPS) is 17.5. The molecule has 4 aliphatic rings. The lowest BCUT2D eigenvalue weighted by atomic mass is 10.00. The first-order chi connectivity index (χ1) is 32.8. The van der Waals surface area contributed by atoms with Crippen molar-refractivity contribution in [2.75, 3.05) is 49.1 Å². The largest absolute Gasteiger partial charge is 0.494 e. The first kappa shape index (κ1) is 44.8. The molecule has 2 aromatic heterocycles. The fourth-order valence-corrected chi connectivity index (χ4v) is 11.2. The van der Waals surface area contributed by atoms with Crippen LogP contribution in [-0.4, -0.2) is 92.9 Å². The fraction of sp³-hybridized carbons (Fsp3) is 0.333. The summed E-state index contributed by atoms with van der Waals surface area (Å²) in [6.45, 7) is 9.45. The molecule has 0 saturated carbocycles. The van der Waals surface area contributed by atoms with Crippen LogP contribution in [-0.2, 0) is 47.3 Å². The molecule has 3 amide bonds. The highest BCUT2D eigenvalue weighted by Crippen LogP contribution is 2.42. The molecule has 0 spiro atoms. The fourth-order valence-electron chi connectivity index (χ4n) is 10.0. The topological polar surface area (TPSA) is 176 Å². The molecule has 0 aliphatic carbocycles. The van der Waals surface area contributed by atoms with Gasteiger partial charge in [0.05, 0.1) is 31.2 Å². The minimum Gasteiger partial charge on any atom is -0.494 e. The third-order valence-corrected chi connectivity index (χ3v) is 15.1. The van der Waals surface area contributed by atoms with Gasteiger partial charge in [0.25, 0.3) is 5.91 Å². The molecular formula is C51H55N10O6P. The van der Waals surface area contributed by atoms with E-state index in [0.29, 0.717) is 47.0 Å². The van der Waals surface area contributed by atoms with Crippen molar-refractivity contribution in [2.24, 2.45) is 7.05 Å². The summed E-state index contributed by atoms with van der Waals surface area (Å²) in [6.07, 6.45) is 8.81. The highest BCUT2D eigenvalue weighted by Gasteiger charge is 2.40. The third-order valence-electron chi connectivity index (χ3n) is 13.6. The number of imide groups is 1. The lowest BCUT2D eigenvalue weighted by molar-refractivity contribution is -0.136. The smallest absolute Gasteiger partial charge is 0.255 e. The van der Waals surface area contributed by atoms with E-state index < -0.39 is 19.1 Å². The Balaban J connectivity index is 0.806. The summed E-state index contributed by atoms with van der Waals surface area (Å²) in [5.41, 5.74) is 9.21. The van der Waals surface area contributed by atoms with Crippen LogP contribution < -0.4 is 35.6 Å². The van der Waals surface area contributed by atoms with Gasteiger partial charge in [-0.15, -0.1) is 0 Å². The Labute approximate surface area is 395 Å². The number of nitrogens with zero attached hydrogens (tertiary/aromatic N) is 7. The van der Waals surface area contributed by atoms with E-state index >= 15 is 0 Å². The van der Waals surface area contributed by atoms with Crippen molar-refractivity contribution >= 4 is 59.0 Å². The molecule has 0 bridgehead atoms. The molecule has 2 fully saturated rings. The van der Waals surface area contributed by atoms with Crippen molar-refractivity contribution in [1.29, 1.82) is 0 Å². The van der Waals surface area contributed by atoms with Crippen molar-refractivity contribution in [2.45, 2.75) is 70.7 Å². The van der Waals surface area contributed by atoms with Crippen molar-refractivity contribution in [3.63, 3.8) is 0 Å². The summed E-state index contributed by atoms with van der Waals surface area (Å²) in [5, 5.41) is 14.4. The SMILES string of the molecule is CCc1cc(Nc2ncc(-c3cnn(C)c3)c(Nc3ccccc3P(C)(C)=O)n2)c(OC)cc1N1CCC(N2Cc3ccc(Oc4cccc5c4CN(C4CCC(=O)NC4=O)C5=O)cc3C2)CC1. The van der Waals surface area contributed by atoms with Gasteiger partial charge < -0.3 is 34.5 Å². The molecule has 1 atom stereocenters. The molecule has 0 radical (unpaired) electrons. The number of methoxy groups -OCH3 is 1. The number of aryl methyl sites for hydroxylation is 2. The number of ether oxygens (including phenoxy) is 2. The molecule has 16 nitrogen and oxygen atoms in total. The van der Waals surface area contributed by atoms with Gasteiger partial charge in [0, 0.05) is 97.4 Å². The highest BCUT2D eigenvalue weighted by atomic mass is 31.2. The van der Waals surface area contributed by atoms with Crippen molar-refractivity contribution in [3.05, 3.63) is 119 Å². The summed E-state index contributed by atoms with van der Waals surface area (Å²) < 4.78 is 27.5. The first-order valence-electron chi connectivity index (χ1n) is 23.1. The molecule has 350 valence electrons. The summed E-state index contributed by atoms with van der Waals surface area (Å²) in [6, 6.07) is 23.3. The zero-order valence-electron chi connectivity index (χ0n) is 38.9. The molecule has 68 heavy (non-hydrogen) atoms. The summed E-state index contributed by atoms with van der Waals surface area (Å²) in [5.74, 6) is 1.95. The first-order valence-corrected chi connectivity index (χ1v) is 25.7. The van der Waals surface area contributed by atoms with Crippen LogP contribution in [0.2, 0.25) is 0 Å².